The number of nitrogens with zero attached hydrogens (tertiary/aromatic N) is 2. The van der Waals surface area contributed by atoms with Crippen LogP contribution in [0, 0.1) is 23.7 Å². The third-order valence-corrected chi connectivity index (χ3v) is 5.78. The van der Waals surface area contributed by atoms with E-state index in [1.807, 2.05) is 18.9 Å². The molecular formula is C17H27N3O3. The second-order valence-electron chi connectivity index (χ2n) is 7.40. The van der Waals surface area contributed by atoms with E-state index in [0.717, 1.165) is 39.0 Å². The predicted molar refractivity (Wildman–Crippen MR) is 86.4 cm³/mol. The van der Waals surface area contributed by atoms with Gasteiger partial charge in [-0.15, -0.1) is 0 Å². The quantitative estimate of drug-likeness (QED) is 0.758. The number of amides is 1. The number of allylic oxidation sites excluding steroid dienone is 2. The molecule has 23 heavy (non-hydrogen) atoms. The first kappa shape index (κ1) is 16.5. The number of fused-ring (bicyclic) bond motifs is 2. The summed E-state index contributed by atoms with van der Waals surface area (Å²) < 4.78 is 0. The number of hydrogen-bond donors (Lipinski definition) is 2. The van der Waals surface area contributed by atoms with Crippen LogP contribution >= 0.6 is 0 Å². The summed E-state index contributed by atoms with van der Waals surface area (Å²) in [4.78, 5) is 26.8. The number of rotatable bonds is 3. The average Bonchev–Trinajstić information content (AvgIpc) is 3.05. The Morgan fingerprint density at radius 2 is 1.61 bits per heavy atom. The molecular weight excluding hydrogens is 294 g/mol. The zero-order chi connectivity index (χ0) is 16.7. The van der Waals surface area contributed by atoms with Crippen molar-refractivity contribution in [2.75, 3.05) is 33.2 Å². The summed E-state index contributed by atoms with van der Waals surface area (Å²) in [7, 11) is 2.07. The molecule has 2 aliphatic carbocycles. The van der Waals surface area contributed by atoms with Crippen molar-refractivity contribution in [3.05, 3.63) is 11.1 Å². The smallest absolute Gasteiger partial charge is 0.307 e. The van der Waals surface area contributed by atoms with E-state index in [4.69, 9.17) is 0 Å². The van der Waals surface area contributed by atoms with Gasteiger partial charge in [-0.3, -0.25) is 15.0 Å². The number of carboxylic acid groups (broad SMARTS) is 1. The first-order valence-electron chi connectivity index (χ1n) is 8.54. The minimum atomic E-state index is -0.825. The minimum absolute atomic E-state index is 0.0470. The number of carbonyl (C=O) groups excluding carboxylic acids is 1. The Hall–Kier alpha value is -1.40. The summed E-state index contributed by atoms with van der Waals surface area (Å²) in [5, 5.41) is 11.6. The summed E-state index contributed by atoms with van der Waals surface area (Å²) in [6.45, 7) is 7.49. The lowest BCUT2D eigenvalue weighted by atomic mass is 9.79. The van der Waals surface area contributed by atoms with E-state index in [0.29, 0.717) is 0 Å². The molecule has 0 aromatic heterocycles. The van der Waals surface area contributed by atoms with Gasteiger partial charge >= 0.3 is 5.97 Å². The van der Waals surface area contributed by atoms with E-state index in [1.165, 1.54) is 11.1 Å². The molecule has 2 bridgehead atoms. The van der Waals surface area contributed by atoms with Gasteiger partial charge in [0.1, 0.15) is 0 Å². The summed E-state index contributed by atoms with van der Waals surface area (Å²) in [5.41, 5.74) is 5.42. The lowest BCUT2D eigenvalue weighted by molar-refractivity contribution is -0.151. The summed E-state index contributed by atoms with van der Waals surface area (Å²) in [6.07, 6.45) is 1.84. The van der Waals surface area contributed by atoms with Crippen molar-refractivity contribution >= 4 is 11.9 Å². The van der Waals surface area contributed by atoms with Crippen LogP contribution in [0.1, 0.15) is 26.7 Å². The van der Waals surface area contributed by atoms with Crippen LogP contribution in [0.25, 0.3) is 0 Å². The molecule has 1 heterocycles. The second-order valence-corrected chi connectivity index (χ2v) is 7.40. The van der Waals surface area contributed by atoms with Crippen molar-refractivity contribution in [1.82, 2.24) is 15.3 Å². The molecule has 2 N–H and O–H groups in total. The Morgan fingerprint density at radius 1 is 1.04 bits per heavy atom. The van der Waals surface area contributed by atoms with E-state index in [-0.39, 0.29) is 17.7 Å². The first-order chi connectivity index (χ1) is 10.9. The maximum Gasteiger partial charge on any atom is 0.307 e. The van der Waals surface area contributed by atoms with Crippen molar-refractivity contribution in [2.45, 2.75) is 26.7 Å². The molecule has 2 saturated carbocycles. The average molecular weight is 321 g/mol. The van der Waals surface area contributed by atoms with Crippen molar-refractivity contribution in [1.29, 1.82) is 0 Å². The molecule has 4 atom stereocenters. The number of carbonyl (C=O) groups is 2. The third-order valence-electron chi connectivity index (χ3n) is 5.78. The molecule has 3 fully saturated rings. The molecule has 3 rings (SSSR count). The SMILES string of the molecule is CC(C)=C1[C@@H]2CC[C@@H]1[C@@H](C(=O)NN1CCN(C)CC1)[C@H]2C(=O)O. The molecule has 3 aliphatic rings. The van der Waals surface area contributed by atoms with Crippen LogP contribution in [0.2, 0.25) is 0 Å². The van der Waals surface area contributed by atoms with Gasteiger partial charge in [0.2, 0.25) is 5.91 Å². The molecule has 6 nitrogen and oxygen atoms in total. The van der Waals surface area contributed by atoms with E-state index in [9.17, 15) is 14.7 Å². The number of hydrogen-bond acceptors (Lipinski definition) is 4. The third kappa shape index (κ3) is 2.90. The van der Waals surface area contributed by atoms with E-state index >= 15 is 0 Å². The predicted octanol–water partition coefficient (Wildman–Crippen LogP) is 0.958. The molecule has 1 amide bonds. The van der Waals surface area contributed by atoms with Gasteiger partial charge in [-0.1, -0.05) is 11.1 Å². The van der Waals surface area contributed by atoms with Gasteiger partial charge in [-0.05, 0) is 45.6 Å². The van der Waals surface area contributed by atoms with E-state index < -0.39 is 17.8 Å². The molecule has 1 aliphatic heterocycles. The Kier molecular flexibility index (Phi) is 4.47. The molecule has 1 saturated heterocycles. The largest absolute Gasteiger partial charge is 0.481 e. The standard InChI is InChI=1S/C17H27N3O3/c1-10(2)13-11-4-5-12(13)15(17(22)23)14(11)16(21)18-20-8-6-19(3)7-9-20/h11-12,14-15H,4-9H2,1-3H3,(H,18,21)(H,22,23)/t11-,12-,14+,15-/m0/s1. The van der Waals surface area contributed by atoms with E-state index in [1.54, 1.807) is 0 Å². The minimum Gasteiger partial charge on any atom is -0.481 e. The Bertz CT molecular complexity index is 533. The van der Waals surface area contributed by atoms with Gasteiger partial charge < -0.3 is 10.0 Å². The van der Waals surface area contributed by atoms with Gasteiger partial charge in [0, 0.05) is 26.2 Å². The fraction of sp³-hybridized carbons (Fsp3) is 0.765. The van der Waals surface area contributed by atoms with Gasteiger partial charge in [-0.2, -0.15) is 0 Å². The van der Waals surface area contributed by atoms with Crippen LogP contribution in [0.3, 0.4) is 0 Å². The highest BCUT2D eigenvalue weighted by Crippen LogP contribution is 2.57. The summed E-state index contributed by atoms with van der Waals surface area (Å²) >= 11 is 0. The van der Waals surface area contributed by atoms with Crippen molar-refractivity contribution in [3.63, 3.8) is 0 Å². The molecule has 0 unspecified atom stereocenters. The number of piperazine rings is 1. The Balaban J connectivity index is 1.76. The fourth-order valence-corrected chi connectivity index (χ4v) is 4.75. The van der Waals surface area contributed by atoms with Crippen LogP contribution in [0.4, 0.5) is 0 Å². The number of carboxylic acids is 1. The van der Waals surface area contributed by atoms with E-state index in [2.05, 4.69) is 17.4 Å². The number of likely N-dealkylation sites (N-methyl/N-ethyl adjacent to an activating group) is 1. The maximum absolute atomic E-state index is 12.8. The van der Waals surface area contributed by atoms with Crippen molar-refractivity contribution in [2.24, 2.45) is 23.7 Å². The Morgan fingerprint density at radius 3 is 2.13 bits per heavy atom. The van der Waals surface area contributed by atoms with Gasteiger partial charge in [0.15, 0.2) is 0 Å². The van der Waals surface area contributed by atoms with Crippen LogP contribution in [-0.4, -0.2) is 60.1 Å². The molecule has 0 aromatic carbocycles. The molecule has 0 aromatic rings. The highest BCUT2D eigenvalue weighted by molar-refractivity contribution is 5.87. The highest BCUT2D eigenvalue weighted by Gasteiger charge is 2.57. The topological polar surface area (TPSA) is 72.9 Å². The molecule has 6 heteroatoms. The maximum atomic E-state index is 12.8. The van der Waals surface area contributed by atoms with Crippen molar-refractivity contribution in [3.8, 4) is 0 Å². The van der Waals surface area contributed by atoms with Crippen LogP contribution < -0.4 is 5.43 Å². The van der Waals surface area contributed by atoms with Gasteiger partial charge in [-0.25, -0.2) is 5.01 Å². The van der Waals surface area contributed by atoms with Crippen LogP contribution in [0.5, 0.6) is 0 Å². The first-order valence-corrected chi connectivity index (χ1v) is 8.54. The number of nitrogens with one attached hydrogen (secondary N) is 1. The fourth-order valence-electron chi connectivity index (χ4n) is 4.75. The van der Waals surface area contributed by atoms with Crippen LogP contribution in [-0.2, 0) is 9.59 Å². The molecule has 0 radical (unpaired) electrons. The lowest BCUT2D eigenvalue weighted by Gasteiger charge is -2.34. The highest BCUT2D eigenvalue weighted by atomic mass is 16.4. The summed E-state index contributed by atoms with van der Waals surface area (Å²) in [5.74, 6) is -1.76. The van der Waals surface area contributed by atoms with Crippen LogP contribution in [0.15, 0.2) is 11.1 Å². The van der Waals surface area contributed by atoms with Gasteiger partial charge in [0.05, 0.1) is 11.8 Å². The molecule has 128 valence electrons. The monoisotopic (exact) mass is 321 g/mol. The Labute approximate surface area is 137 Å². The normalized spacial score (nSPS) is 34.7. The lowest BCUT2D eigenvalue weighted by Crippen LogP contribution is -2.55. The second kappa shape index (κ2) is 6.24. The van der Waals surface area contributed by atoms with Crippen molar-refractivity contribution < 1.29 is 14.7 Å². The van der Waals surface area contributed by atoms with Gasteiger partial charge in [0.25, 0.3) is 0 Å². The zero-order valence-electron chi connectivity index (χ0n) is 14.2. The number of hydrazine groups is 1. The number of aliphatic carboxylic acids is 1. The molecule has 0 spiro atoms. The zero-order valence-corrected chi connectivity index (χ0v) is 14.2. The summed E-state index contributed by atoms with van der Waals surface area (Å²) in [6, 6.07) is 0.